The molecule has 0 aromatic carbocycles. The summed E-state index contributed by atoms with van der Waals surface area (Å²) < 4.78 is 10.8. The molecule has 0 saturated carbocycles. The van der Waals surface area contributed by atoms with Gasteiger partial charge in [0.15, 0.2) is 0 Å². The van der Waals surface area contributed by atoms with E-state index in [0.717, 1.165) is 13.2 Å². The molecule has 0 fully saturated rings. The van der Waals surface area contributed by atoms with E-state index in [1.807, 2.05) is 13.8 Å². The van der Waals surface area contributed by atoms with Crippen LogP contribution in [-0.2, 0) is 8.85 Å². The van der Waals surface area contributed by atoms with Crippen molar-refractivity contribution in [3.63, 3.8) is 0 Å². The van der Waals surface area contributed by atoms with Crippen molar-refractivity contribution in [2.75, 3.05) is 13.2 Å². The van der Waals surface area contributed by atoms with Gasteiger partial charge in [0.25, 0.3) is 0 Å². The molecule has 0 unspecified atom stereocenters. The average Bonchev–Trinajstić information content (AvgIpc) is 2.06. The van der Waals surface area contributed by atoms with Crippen molar-refractivity contribution in [3.8, 4) is 0 Å². The fraction of sp³-hybridized carbons (Fsp3) is 1.00. The molecule has 0 aliphatic carbocycles. The van der Waals surface area contributed by atoms with Gasteiger partial charge in [0, 0.05) is 13.2 Å². The Morgan fingerprint density at radius 1 is 1.00 bits per heavy atom. The summed E-state index contributed by atoms with van der Waals surface area (Å²) in [6.07, 6.45) is 2.73. The van der Waals surface area contributed by atoms with Crippen LogP contribution in [0.3, 0.4) is 0 Å². The van der Waals surface area contributed by atoms with E-state index in [9.17, 15) is 0 Å². The molecule has 0 aliphatic rings. The van der Waals surface area contributed by atoms with Crippen LogP contribution >= 0.6 is 0 Å². The van der Waals surface area contributed by atoms with E-state index in [4.69, 9.17) is 8.85 Å². The molecular weight excluding hydrogens is 206 g/mol. The number of hydrogen-bond donors (Lipinski definition) is 0. The fourth-order valence-electron chi connectivity index (χ4n) is 1.09. The van der Waals surface area contributed by atoms with E-state index in [1.54, 1.807) is 0 Å². The Morgan fingerprint density at radius 2 is 1.40 bits per heavy atom. The Labute approximate surface area is 105 Å². The number of unbranched alkanes of at least 4 members (excludes halogenated alkanes) is 1. The van der Waals surface area contributed by atoms with Gasteiger partial charge in [-0.1, -0.05) is 0 Å². The molecule has 0 aliphatic heterocycles. The number of hydrogen-bond acceptors (Lipinski definition) is 2. The molecule has 5 heteroatoms. The third-order valence-corrected chi connectivity index (χ3v) is 3.66. The second-order valence-electron chi connectivity index (χ2n) is 3.62. The zero-order chi connectivity index (χ0) is 11.4. The van der Waals surface area contributed by atoms with Crippen LogP contribution < -0.4 is 0 Å². The summed E-state index contributed by atoms with van der Waals surface area (Å²) in [6, 6.07) is 0. The van der Waals surface area contributed by atoms with E-state index in [2.05, 4.69) is 37.7 Å². The first-order chi connectivity index (χ1) is 6.54. The first kappa shape index (κ1) is 21.0. The van der Waals surface area contributed by atoms with Gasteiger partial charge >= 0.3 is 51.1 Å². The number of rotatable bonds is 6. The molecule has 0 amide bonds. The Bertz CT molecular complexity index is 106. The molecule has 0 atom stereocenters. The van der Waals surface area contributed by atoms with Crippen LogP contribution in [0.4, 0.5) is 4.70 Å². The second kappa shape index (κ2) is 14.7. The fourth-order valence-corrected chi connectivity index (χ4v) is 2.56. The molecule has 0 spiro atoms. The van der Waals surface area contributed by atoms with Crippen LogP contribution in [0, 0.1) is 0 Å². The molecule has 0 rings (SSSR count). The van der Waals surface area contributed by atoms with Crippen molar-refractivity contribution < 1.29 is 13.6 Å². The zero-order valence-electron chi connectivity index (χ0n) is 11.3. The third kappa shape index (κ3) is 20.7. The van der Waals surface area contributed by atoms with Gasteiger partial charge in [-0.15, -0.1) is 0 Å². The van der Waals surface area contributed by atoms with E-state index < -0.39 is 8.56 Å². The van der Waals surface area contributed by atoms with Crippen LogP contribution in [0.1, 0.15) is 33.6 Å². The van der Waals surface area contributed by atoms with Crippen LogP contribution in [0.5, 0.6) is 0 Å². The first-order valence-electron chi connectivity index (χ1n) is 5.81. The maximum absolute atomic E-state index is 5.39. The molecule has 0 saturated heterocycles. The Hall–Kier alpha value is 0.664. The maximum atomic E-state index is 5.39. The average molecular weight is 232 g/mol. The molecule has 0 aromatic heterocycles. The van der Waals surface area contributed by atoms with Crippen molar-refractivity contribution >= 4 is 26.3 Å². The van der Waals surface area contributed by atoms with Gasteiger partial charge in [-0.05, 0) is 26.9 Å². The van der Waals surface area contributed by atoms with E-state index in [1.165, 1.54) is 17.9 Å². The Balaban J connectivity index is -0.000000208. The van der Waals surface area contributed by atoms with E-state index in [-0.39, 0.29) is 4.70 Å². The van der Waals surface area contributed by atoms with Gasteiger partial charge in [-0.2, -0.15) is 0 Å². The Morgan fingerprint density at radius 3 is 1.53 bits per heavy atom. The van der Waals surface area contributed by atoms with Crippen LogP contribution in [0.15, 0.2) is 0 Å². The molecule has 0 aromatic rings. The number of halogens is 1. The summed E-state index contributed by atoms with van der Waals surface area (Å²) in [5.41, 5.74) is 0. The molecule has 0 N–H and O–H groups in total. The Kier molecular flexibility index (Phi) is 20.5. The van der Waals surface area contributed by atoms with Crippen molar-refractivity contribution in [1.82, 2.24) is 0 Å². The summed E-state index contributed by atoms with van der Waals surface area (Å²) in [5, 5.41) is 1.34. The van der Waals surface area contributed by atoms with Crippen molar-refractivity contribution in [1.29, 1.82) is 0 Å². The van der Waals surface area contributed by atoms with E-state index in [0.29, 0.717) is 0 Å². The summed E-state index contributed by atoms with van der Waals surface area (Å²) in [4.78, 5) is 0. The SMILES string of the molecule is CCO[Si](C)(C)OCC.F.[Li][CH2]CCC. The monoisotopic (exact) mass is 232 g/mol. The standard InChI is InChI=1S/C6H16O2Si.C4H9.FH.Li/c1-5-7-9(3,4)8-6-2;1-3-4-2;;/h5-6H2,1-4H3;1,3-4H2,2H3;1H;. The van der Waals surface area contributed by atoms with Gasteiger partial charge in [-0.25, -0.2) is 0 Å². The first-order valence-corrected chi connectivity index (χ1v) is 8.63. The third-order valence-electron chi connectivity index (χ3n) is 1.69. The van der Waals surface area contributed by atoms with Gasteiger partial charge < -0.3 is 8.85 Å². The minimum absolute atomic E-state index is 0. The minimum atomic E-state index is -1.70. The molecule has 0 heterocycles. The molecular formula is C10H26FLiO2Si. The summed E-state index contributed by atoms with van der Waals surface area (Å²) in [7, 11) is -1.70. The van der Waals surface area contributed by atoms with Crippen LogP contribution in [0.25, 0.3) is 0 Å². The van der Waals surface area contributed by atoms with Gasteiger partial charge in [0.05, 0.1) is 0 Å². The summed E-state index contributed by atoms with van der Waals surface area (Å²) in [5.74, 6) is 0. The van der Waals surface area contributed by atoms with Crippen molar-refractivity contribution in [2.24, 2.45) is 0 Å². The normalized spacial score (nSPS) is 10.1. The molecule has 15 heavy (non-hydrogen) atoms. The zero-order valence-corrected chi connectivity index (χ0v) is 12.3. The van der Waals surface area contributed by atoms with Gasteiger partial charge in [-0.3, -0.25) is 4.70 Å². The molecule has 90 valence electrons. The molecule has 2 nitrogen and oxygen atoms in total. The van der Waals surface area contributed by atoms with Gasteiger partial charge in [0.1, 0.15) is 0 Å². The van der Waals surface area contributed by atoms with E-state index >= 15 is 0 Å². The molecule has 0 radical (unpaired) electrons. The predicted molar refractivity (Wildman–Crippen MR) is 68.7 cm³/mol. The topological polar surface area (TPSA) is 18.5 Å². The van der Waals surface area contributed by atoms with Crippen LogP contribution in [-0.4, -0.2) is 39.5 Å². The predicted octanol–water partition coefficient (Wildman–Crippen LogP) is 3.29. The summed E-state index contributed by atoms with van der Waals surface area (Å²) in [6.45, 7) is 11.8. The van der Waals surface area contributed by atoms with Gasteiger partial charge in [0.2, 0.25) is 0 Å². The van der Waals surface area contributed by atoms with Crippen molar-refractivity contribution in [3.05, 3.63) is 0 Å². The van der Waals surface area contributed by atoms with Crippen molar-refractivity contribution in [2.45, 2.75) is 51.8 Å². The quantitative estimate of drug-likeness (QED) is 0.654. The summed E-state index contributed by atoms with van der Waals surface area (Å²) >= 11 is 2.21. The second-order valence-corrected chi connectivity index (χ2v) is 7.00. The van der Waals surface area contributed by atoms with Crippen LogP contribution in [0.2, 0.25) is 18.2 Å². The molecule has 0 bridgehead atoms.